The lowest BCUT2D eigenvalue weighted by molar-refractivity contribution is 0.807. The Morgan fingerprint density at radius 1 is 1.41 bits per heavy atom. The smallest absolute Gasteiger partial charge is 0.191 e. The quantitative estimate of drug-likeness (QED) is 0.664. The average Bonchev–Trinajstić information content (AvgIpc) is 2.76. The third-order valence-electron chi connectivity index (χ3n) is 2.18. The zero-order chi connectivity index (χ0) is 12.3. The summed E-state index contributed by atoms with van der Waals surface area (Å²) in [5.74, 6) is 1.61. The highest BCUT2D eigenvalue weighted by molar-refractivity contribution is 7.98. The standard InChI is InChI=1S/C11H15N5S/c1-4-12-9-5-10(15-11(14-9)17-3)16-7-8(2)6-13-16/h5-7H,4H2,1-3H3,(H,12,14,15). The van der Waals surface area contributed by atoms with Crippen molar-refractivity contribution in [3.63, 3.8) is 0 Å². The van der Waals surface area contributed by atoms with E-state index in [4.69, 9.17) is 0 Å². The molecule has 0 aromatic carbocycles. The molecule has 0 atom stereocenters. The zero-order valence-electron chi connectivity index (χ0n) is 10.1. The van der Waals surface area contributed by atoms with E-state index in [0.29, 0.717) is 0 Å². The number of rotatable bonds is 4. The number of anilines is 1. The third-order valence-corrected chi connectivity index (χ3v) is 2.73. The number of hydrogen-bond acceptors (Lipinski definition) is 5. The molecule has 1 N–H and O–H groups in total. The van der Waals surface area contributed by atoms with Gasteiger partial charge in [-0.15, -0.1) is 0 Å². The molecule has 2 aromatic rings. The van der Waals surface area contributed by atoms with E-state index in [0.717, 1.165) is 28.9 Å². The first kappa shape index (κ1) is 11.9. The van der Waals surface area contributed by atoms with E-state index in [-0.39, 0.29) is 0 Å². The number of nitrogens with zero attached hydrogens (tertiary/aromatic N) is 4. The molecule has 0 saturated carbocycles. The van der Waals surface area contributed by atoms with Crippen LogP contribution in [0.15, 0.2) is 23.6 Å². The van der Waals surface area contributed by atoms with Gasteiger partial charge in [-0.1, -0.05) is 11.8 Å². The van der Waals surface area contributed by atoms with Crippen molar-refractivity contribution in [2.75, 3.05) is 18.1 Å². The Balaban J connectivity index is 2.42. The summed E-state index contributed by atoms with van der Waals surface area (Å²) in [7, 11) is 0. The van der Waals surface area contributed by atoms with E-state index >= 15 is 0 Å². The lowest BCUT2D eigenvalue weighted by Crippen LogP contribution is -2.05. The van der Waals surface area contributed by atoms with Crippen LogP contribution >= 0.6 is 11.8 Å². The molecule has 0 aliphatic rings. The zero-order valence-corrected chi connectivity index (χ0v) is 11.0. The van der Waals surface area contributed by atoms with Gasteiger partial charge in [-0.05, 0) is 25.7 Å². The van der Waals surface area contributed by atoms with Gasteiger partial charge in [0.25, 0.3) is 0 Å². The van der Waals surface area contributed by atoms with Crippen molar-refractivity contribution in [1.82, 2.24) is 19.7 Å². The van der Waals surface area contributed by atoms with Crippen molar-refractivity contribution in [2.24, 2.45) is 0 Å². The van der Waals surface area contributed by atoms with Gasteiger partial charge in [-0.25, -0.2) is 14.6 Å². The summed E-state index contributed by atoms with van der Waals surface area (Å²) in [6, 6.07) is 1.90. The molecule has 2 rings (SSSR count). The Bertz CT molecular complexity index is 508. The summed E-state index contributed by atoms with van der Waals surface area (Å²) in [5, 5.41) is 8.19. The fourth-order valence-corrected chi connectivity index (χ4v) is 1.81. The minimum Gasteiger partial charge on any atom is -0.370 e. The topological polar surface area (TPSA) is 55.6 Å². The SMILES string of the molecule is CCNc1cc(-n2cc(C)cn2)nc(SC)n1. The number of thioether (sulfide) groups is 1. The molecule has 2 aromatic heterocycles. The number of aromatic nitrogens is 4. The molecule has 0 radical (unpaired) electrons. The monoisotopic (exact) mass is 249 g/mol. The van der Waals surface area contributed by atoms with Crippen LogP contribution in [-0.4, -0.2) is 32.5 Å². The predicted octanol–water partition coefficient (Wildman–Crippen LogP) is 2.12. The molecule has 6 heteroatoms. The normalized spacial score (nSPS) is 10.5. The molecule has 0 amide bonds. The molecule has 90 valence electrons. The molecule has 0 spiro atoms. The highest BCUT2D eigenvalue weighted by Crippen LogP contribution is 2.16. The first-order valence-corrected chi connectivity index (χ1v) is 6.64. The Hall–Kier alpha value is -1.56. The number of hydrogen-bond donors (Lipinski definition) is 1. The van der Waals surface area contributed by atoms with Gasteiger partial charge in [0.1, 0.15) is 5.82 Å². The van der Waals surface area contributed by atoms with Gasteiger partial charge in [-0.3, -0.25) is 0 Å². The van der Waals surface area contributed by atoms with Crippen molar-refractivity contribution in [3.8, 4) is 5.82 Å². The lowest BCUT2D eigenvalue weighted by atomic mass is 10.4. The van der Waals surface area contributed by atoms with Gasteiger partial charge in [0.2, 0.25) is 0 Å². The molecule has 0 aliphatic heterocycles. The average molecular weight is 249 g/mol. The second kappa shape index (κ2) is 5.18. The first-order valence-electron chi connectivity index (χ1n) is 5.41. The lowest BCUT2D eigenvalue weighted by Gasteiger charge is -2.07. The van der Waals surface area contributed by atoms with Gasteiger partial charge in [-0.2, -0.15) is 5.10 Å². The molecule has 2 heterocycles. The Morgan fingerprint density at radius 3 is 2.82 bits per heavy atom. The summed E-state index contributed by atoms with van der Waals surface area (Å²) in [4.78, 5) is 8.80. The summed E-state index contributed by atoms with van der Waals surface area (Å²) >= 11 is 1.52. The molecule has 0 unspecified atom stereocenters. The third kappa shape index (κ3) is 2.76. The van der Waals surface area contributed by atoms with Crippen LogP contribution in [0.1, 0.15) is 12.5 Å². The van der Waals surface area contributed by atoms with Crippen LogP contribution < -0.4 is 5.32 Å². The molecule has 0 aliphatic carbocycles. The van der Waals surface area contributed by atoms with Gasteiger partial charge in [0.05, 0.1) is 6.20 Å². The Kier molecular flexibility index (Phi) is 3.63. The summed E-state index contributed by atoms with van der Waals surface area (Å²) in [6.45, 7) is 4.88. The van der Waals surface area contributed by atoms with E-state index in [1.165, 1.54) is 11.8 Å². The van der Waals surface area contributed by atoms with Crippen LogP contribution in [0, 0.1) is 6.92 Å². The highest BCUT2D eigenvalue weighted by Gasteiger charge is 2.06. The number of nitrogens with one attached hydrogen (secondary N) is 1. The molecule has 0 bridgehead atoms. The van der Waals surface area contributed by atoms with Crippen molar-refractivity contribution in [3.05, 3.63) is 24.0 Å². The van der Waals surface area contributed by atoms with Crippen LogP contribution in [0.25, 0.3) is 5.82 Å². The molecule has 0 saturated heterocycles. The maximum atomic E-state index is 4.43. The van der Waals surface area contributed by atoms with E-state index in [2.05, 4.69) is 20.4 Å². The van der Waals surface area contributed by atoms with Crippen molar-refractivity contribution in [1.29, 1.82) is 0 Å². The fraction of sp³-hybridized carbons (Fsp3) is 0.364. The second-order valence-electron chi connectivity index (χ2n) is 3.59. The minimum atomic E-state index is 0.742. The van der Waals surface area contributed by atoms with Gasteiger partial charge in [0.15, 0.2) is 11.0 Å². The highest BCUT2D eigenvalue weighted by atomic mass is 32.2. The maximum absolute atomic E-state index is 4.43. The maximum Gasteiger partial charge on any atom is 0.191 e. The van der Waals surface area contributed by atoms with E-state index in [9.17, 15) is 0 Å². The largest absolute Gasteiger partial charge is 0.370 e. The molecular weight excluding hydrogens is 234 g/mol. The van der Waals surface area contributed by atoms with E-state index in [1.54, 1.807) is 4.68 Å². The fourth-order valence-electron chi connectivity index (χ4n) is 1.43. The van der Waals surface area contributed by atoms with Crippen molar-refractivity contribution in [2.45, 2.75) is 19.0 Å². The first-order chi connectivity index (χ1) is 8.22. The minimum absolute atomic E-state index is 0.742. The van der Waals surface area contributed by atoms with E-state index < -0.39 is 0 Å². The van der Waals surface area contributed by atoms with Gasteiger partial charge < -0.3 is 5.32 Å². The predicted molar refractivity (Wildman–Crippen MR) is 69.8 cm³/mol. The molecular formula is C11H15N5S. The summed E-state index contributed by atoms with van der Waals surface area (Å²) in [5.41, 5.74) is 1.11. The Morgan fingerprint density at radius 2 is 2.24 bits per heavy atom. The van der Waals surface area contributed by atoms with Crippen LogP contribution in [0.2, 0.25) is 0 Å². The molecule has 5 nitrogen and oxygen atoms in total. The van der Waals surface area contributed by atoms with Crippen LogP contribution in [0.3, 0.4) is 0 Å². The molecule has 17 heavy (non-hydrogen) atoms. The van der Waals surface area contributed by atoms with Gasteiger partial charge >= 0.3 is 0 Å². The Labute approximate surface area is 105 Å². The van der Waals surface area contributed by atoms with Crippen LogP contribution in [0.4, 0.5) is 5.82 Å². The van der Waals surface area contributed by atoms with Crippen molar-refractivity contribution >= 4 is 17.6 Å². The van der Waals surface area contributed by atoms with Gasteiger partial charge in [0, 0.05) is 18.8 Å². The molecule has 0 fully saturated rings. The van der Waals surface area contributed by atoms with Crippen LogP contribution in [0.5, 0.6) is 0 Å². The van der Waals surface area contributed by atoms with E-state index in [1.807, 2.05) is 38.6 Å². The van der Waals surface area contributed by atoms with Crippen molar-refractivity contribution < 1.29 is 0 Å². The number of aryl methyl sites for hydroxylation is 1. The van der Waals surface area contributed by atoms with Crippen LogP contribution in [-0.2, 0) is 0 Å². The summed E-state index contributed by atoms with van der Waals surface area (Å²) in [6.07, 6.45) is 5.72. The summed E-state index contributed by atoms with van der Waals surface area (Å²) < 4.78 is 1.76. The second-order valence-corrected chi connectivity index (χ2v) is 4.36.